The van der Waals surface area contributed by atoms with Crippen molar-refractivity contribution in [1.29, 1.82) is 0 Å². The zero-order valence-corrected chi connectivity index (χ0v) is 15.9. The molecule has 7 heteroatoms. The van der Waals surface area contributed by atoms with Crippen LogP contribution in [0.5, 0.6) is 0 Å². The maximum absolute atomic E-state index is 13.2. The van der Waals surface area contributed by atoms with E-state index >= 15 is 0 Å². The summed E-state index contributed by atoms with van der Waals surface area (Å²) in [6, 6.07) is 10.0. The minimum Gasteiger partial charge on any atom is -0.369 e. The van der Waals surface area contributed by atoms with Crippen LogP contribution in [-0.2, 0) is 4.79 Å². The van der Waals surface area contributed by atoms with Crippen molar-refractivity contribution in [2.24, 2.45) is 0 Å². The van der Waals surface area contributed by atoms with Gasteiger partial charge in [-0.25, -0.2) is 4.39 Å². The molecule has 0 bridgehead atoms. The van der Waals surface area contributed by atoms with Gasteiger partial charge in [0.1, 0.15) is 5.82 Å². The third kappa shape index (κ3) is 4.67. The third-order valence-corrected chi connectivity index (χ3v) is 4.98. The topological polar surface area (TPSA) is 35.6 Å². The predicted octanol–water partition coefficient (Wildman–Crippen LogP) is 4.20. The number of anilines is 2. The van der Waals surface area contributed by atoms with E-state index in [4.69, 9.17) is 23.2 Å². The van der Waals surface area contributed by atoms with Crippen LogP contribution in [-0.4, -0.2) is 43.5 Å². The third-order valence-electron chi connectivity index (χ3n) is 4.45. The van der Waals surface area contributed by atoms with Gasteiger partial charge in [0.2, 0.25) is 5.91 Å². The van der Waals surface area contributed by atoms with Crippen LogP contribution < -0.4 is 10.2 Å². The minimum atomic E-state index is -0.503. The summed E-state index contributed by atoms with van der Waals surface area (Å²) in [5.41, 5.74) is 2.82. The summed E-state index contributed by atoms with van der Waals surface area (Å²) >= 11 is 11.8. The Morgan fingerprint density at radius 2 is 1.85 bits per heavy atom. The second kappa shape index (κ2) is 8.25. The standard InChI is InChI=1S/C19H20Cl2FN3O/c1-13-2-3-14(20)10-18(13)25-8-6-24(7-9-25)12-19(26)23-15-4-5-17(22)16(21)11-15/h2-5,10-11H,6-9,12H2,1H3,(H,23,26). The maximum Gasteiger partial charge on any atom is 0.238 e. The monoisotopic (exact) mass is 395 g/mol. The summed E-state index contributed by atoms with van der Waals surface area (Å²) in [6.07, 6.45) is 0. The molecule has 0 saturated carbocycles. The van der Waals surface area contributed by atoms with Crippen LogP contribution in [0.25, 0.3) is 0 Å². The Balaban J connectivity index is 1.52. The van der Waals surface area contributed by atoms with Crippen LogP contribution in [0.3, 0.4) is 0 Å². The fraction of sp³-hybridized carbons (Fsp3) is 0.316. The molecule has 0 atom stereocenters. The Bertz CT molecular complexity index is 807. The Kier molecular flexibility index (Phi) is 6.01. The Morgan fingerprint density at radius 3 is 2.54 bits per heavy atom. The Morgan fingerprint density at radius 1 is 1.12 bits per heavy atom. The molecule has 0 unspecified atom stereocenters. The van der Waals surface area contributed by atoms with Crippen molar-refractivity contribution >= 4 is 40.5 Å². The fourth-order valence-corrected chi connectivity index (χ4v) is 3.39. The van der Waals surface area contributed by atoms with Gasteiger partial charge in [-0.1, -0.05) is 29.3 Å². The van der Waals surface area contributed by atoms with Crippen LogP contribution in [0.2, 0.25) is 10.0 Å². The van der Waals surface area contributed by atoms with Crippen LogP contribution in [0.4, 0.5) is 15.8 Å². The molecule has 1 saturated heterocycles. The summed E-state index contributed by atoms with van der Waals surface area (Å²) in [6.45, 7) is 5.58. The first kappa shape index (κ1) is 19.0. The van der Waals surface area contributed by atoms with Gasteiger partial charge in [0.25, 0.3) is 0 Å². The van der Waals surface area contributed by atoms with Crippen molar-refractivity contribution in [3.8, 4) is 0 Å². The second-order valence-electron chi connectivity index (χ2n) is 6.37. The van der Waals surface area contributed by atoms with Crippen molar-refractivity contribution in [3.63, 3.8) is 0 Å². The van der Waals surface area contributed by atoms with Crippen LogP contribution in [0.15, 0.2) is 36.4 Å². The molecular weight excluding hydrogens is 376 g/mol. The average molecular weight is 396 g/mol. The fourth-order valence-electron chi connectivity index (χ4n) is 3.05. The number of halogens is 3. The lowest BCUT2D eigenvalue weighted by Gasteiger charge is -2.36. The van der Waals surface area contributed by atoms with E-state index in [0.29, 0.717) is 5.69 Å². The first-order valence-electron chi connectivity index (χ1n) is 8.41. The minimum absolute atomic E-state index is 0.00620. The quantitative estimate of drug-likeness (QED) is 0.842. The average Bonchev–Trinajstić information content (AvgIpc) is 2.61. The molecule has 1 N–H and O–H groups in total. The number of hydrogen-bond donors (Lipinski definition) is 1. The molecule has 0 aliphatic carbocycles. The van der Waals surface area contributed by atoms with Gasteiger partial charge < -0.3 is 10.2 Å². The smallest absolute Gasteiger partial charge is 0.238 e. The van der Waals surface area contributed by atoms with Gasteiger partial charge >= 0.3 is 0 Å². The summed E-state index contributed by atoms with van der Waals surface area (Å²) in [5.74, 6) is -0.642. The van der Waals surface area contributed by atoms with Crippen molar-refractivity contribution in [2.45, 2.75) is 6.92 Å². The van der Waals surface area contributed by atoms with Crippen LogP contribution in [0.1, 0.15) is 5.56 Å². The van der Waals surface area contributed by atoms with Crippen LogP contribution in [0, 0.1) is 12.7 Å². The number of piperazine rings is 1. The first-order valence-corrected chi connectivity index (χ1v) is 9.16. The molecule has 0 radical (unpaired) electrons. The number of carbonyl (C=O) groups excluding carboxylic acids is 1. The number of amides is 1. The number of aryl methyl sites for hydroxylation is 1. The second-order valence-corrected chi connectivity index (χ2v) is 7.21. The lowest BCUT2D eigenvalue weighted by atomic mass is 10.1. The van der Waals surface area contributed by atoms with Crippen LogP contribution >= 0.6 is 23.2 Å². The van der Waals surface area contributed by atoms with E-state index in [1.807, 2.05) is 18.2 Å². The van der Waals surface area contributed by atoms with Gasteiger partial charge in [0, 0.05) is 42.6 Å². The van der Waals surface area contributed by atoms with Crippen molar-refractivity contribution in [1.82, 2.24) is 4.90 Å². The maximum atomic E-state index is 13.2. The lowest BCUT2D eigenvalue weighted by molar-refractivity contribution is -0.117. The zero-order chi connectivity index (χ0) is 18.7. The highest BCUT2D eigenvalue weighted by atomic mass is 35.5. The molecule has 3 rings (SSSR count). The zero-order valence-electron chi connectivity index (χ0n) is 14.4. The SMILES string of the molecule is Cc1ccc(Cl)cc1N1CCN(CC(=O)Nc2ccc(F)c(Cl)c2)CC1. The normalized spacial score (nSPS) is 15.2. The Hall–Kier alpha value is -1.82. The lowest BCUT2D eigenvalue weighted by Crippen LogP contribution is -2.48. The van der Waals surface area contributed by atoms with E-state index in [-0.39, 0.29) is 17.5 Å². The molecular formula is C19H20Cl2FN3O. The van der Waals surface area contributed by atoms with Crippen molar-refractivity contribution in [2.75, 3.05) is 42.9 Å². The number of nitrogens with one attached hydrogen (secondary N) is 1. The number of carbonyl (C=O) groups is 1. The summed E-state index contributed by atoms with van der Waals surface area (Å²) in [7, 11) is 0. The molecule has 4 nitrogen and oxygen atoms in total. The highest BCUT2D eigenvalue weighted by Crippen LogP contribution is 2.25. The molecule has 0 spiro atoms. The van der Waals surface area contributed by atoms with Gasteiger partial charge in [-0.3, -0.25) is 9.69 Å². The van der Waals surface area contributed by atoms with Gasteiger partial charge in [-0.15, -0.1) is 0 Å². The molecule has 1 amide bonds. The molecule has 2 aromatic rings. The van der Waals surface area contributed by atoms with Gasteiger partial charge in [-0.05, 0) is 42.8 Å². The van der Waals surface area contributed by atoms with Crippen molar-refractivity contribution in [3.05, 3.63) is 57.8 Å². The molecule has 0 aromatic heterocycles. The molecule has 1 heterocycles. The van der Waals surface area contributed by atoms with E-state index in [0.717, 1.165) is 36.9 Å². The first-order chi connectivity index (χ1) is 12.4. The molecule has 26 heavy (non-hydrogen) atoms. The molecule has 1 aliphatic heterocycles. The number of nitrogens with zero attached hydrogens (tertiary/aromatic N) is 2. The van der Waals surface area contributed by atoms with Crippen molar-refractivity contribution < 1.29 is 9.18 Å². The highest BCUT2D eigenvalue weighted by molar-refractivity contribution is 6.31. The van der Waals surface area contributed by atoms with Gasteiger partial charge in [-0.2, -0.15) is 0 Å². The van der Waals surface area contributed by atoms with E-state index in [1.165, 1.54) is 23.8 Å². The molecule has 138 valence electrons. The summed E-state index contributed by atoms with van der Waals surface area (Å²) < 4.78 is 13.2. The number of benzene rings is 2. The van der Waals surface area contributed by atoms with Gasteiger partial charge in [0.15, 0.2) is 0 Å². The van der Waals surface area contributed by atoms with Gasteiger partial charge in [0.05, 0.1) is 11.6 Å². The van der Waals surface area contributed by atoms with E-state index in [2.05, 4.69) is 22.0 Å². The largest absolute Gasteiger partial charge is 0.369 e. The number of rotatable bonds is 4. The highest BCUT2D eigenvalue weighted by Gasteiger charge is 2.20. The molecule has 2 aromatic carbocycles. The molecule has 1 aliphatic rings. The summed E-state index contributed by atoms with van der Waals surface area (Å²) in [4.78, 5) is 16.6. The van der Waals surface area contributed by atoms with E-state index < -0.39 is 5.82 Å². The Labute approximate surface area is 162 Å². The summed E-state index contributed by atoms with van der Waals surface area (Å²) in [5, 5.41) is 3.47. The predicted molar refractivity (Wildman–Crippen MR) is 105 cm³/mol. The molecule has 1 fully saturated rings. The van der Waals surface area contributed by atoms with E-state index in [1.54, 1.807) is 0 Å². The number of hydrogen-bond acceptors (Lipinski definition) is 3. The van der Waals surface area contributed by atoms with E-state index in [9.17, 15) is 9.18 Å².